The lowest BCUT2D eigenvalue weighted by molar-refractivity contribution is -0.474. The minimum Gasteiger partial charge on any atom is -0.392 e. The van der Waals surface area contributed by atoms with Gasteiger partial charge in [-0.2, -0.15) is 92.2 Å². The number of aryl methyl sites for hydroxylation is 1. The molecular formula is C19H11F21O. The predicted octanol–water partition coefficient (Wildman–Crippen LogP) is 8.39. The van der Waals surface area contributed by atoms with Gasteiger partial charge in [0.2, 0.25) is 0 Å². The Labute approximate surface area is 212 Å². The standard InChI is InChI=1S/C19H11F21O/c20-10(21,6-5-8-1-3-9(7-41)4-2-8)11(22,23)12(24,25)13(26,27)14(28,29)15(30,31)16(32,33)17(34,35)18(36,37)19(38,39)40/h1-4,41H,5-7H2. The highest BCUT2D eigenvalue weighted by Crippen LogP contribution is 2.66. The van der Waals surface area contributed by atoms with Gasteiger partial charge in [0.25, 0.3) is 0 Å². The Morgan fingerprint density at radius 2 is 0.659 bits per heavy atom. The Balaban J connectivity index is 3.59. The van der Waals surface area contributed by atoms with Gasteiger partial charge >= 0.3 is 59.5 Å². The zero-order valence-corrected chi connectivity index (χ0v) is 18.8. The number of halogens is 21. The van der Waals surface area contributed by atoms with Crippen LogP contribution in [0.3, 0.4) is 0 Å². The molecule has 0 aliphatic carbocycles. The van der Waals surface area contributed by atoms with Crippen LogP contribution in [-0.4, -0.2) is 64.6 Å². The molecular weight excluding hydrogens is 643 g/mol. The fourth-order valence-corrected chi connectivity index (χ4v) is 2.86. The molecule has 0 saturated heterocycles. The number of hydrogen-bond acceptors (Lipinski definition) is 1. The molecule has 0 aromatic heterocycles. The van der Waals surface area contributed by atoms with Crippen molar-refractivity contribution in [3.63, 3.8) is 0 Å². The molecule has 0 fully saturated rings. The van der Waals surface area contributed by atoms with Crippen molar-refractivity contribution in [3.8, 4) is 0 Å². The fourth-order valence-electron chi connectivity index (χ4n) is 2.86. The number of hydrogen-bond donors (Lipinski definition) is 1. The Bertz CT molecular complexity index is 1050. The van der Waals surface area contributed by atoms with Crippen molar-refractivity contribution in [3.05, 3.63) is 35.4 Å². The van der Waals surface area contributed by atoms with Crippen LogP contribution in [0, 0.1) is 0 Å². The number of benzene rings is 1. The van der Waals surface area contributed by atoms with Gasteiger partial charge in [0.05, 0.1) is 6.61 Å². The molecule has 0 saturated carbocycles. The topological polar surface area (TPSA) is 20.2 Å². The third-order valence-corrected chi connectivity index (χ3v) is 5.51. The minimum absolute atomic E-state index is 0.0514. The Morgan fingerprint density at radius 3 is 0.951 bits per heavy atom. The maximum atomic E-state index is 13.9. The van der Waals surface area contributed by atoms with Crippen LogP contribution in [0.5, 0.6) is 0 Å². The Kier molecular flexibility index (Phi) is 9.11. The summed E-state index contributed by atoms with van der Waals surface area (Å²) in [5, 5.41) is 8.79. The molecule has 0 spiro atoms. The first-order chi connectivity index (χ1) is 17.8. The van der Waals surface area contributed by atoms with Gasteiger partial charge in [-0.25, -0.2) is 0 Å². The summed E-state index contributed by atoms with van der Waals surface area (Å²) in [6, 6.07) is 3.38. The van der Waals surface area contributed by atoms with Gasteiger partial charge < -0.3 is 5.11 Å². The third kappa shape index (κ3) is 5.14. The quantitative estimate of drug-likeness (QED) is 0.225. The van der Waals surface area contributed by atoms with Gasteiger partial charge in [-0.15, -0.1) is 0 Å². The second-order valence-electron chi connectivity index (χ2n) is 8.27. The van der Waals surface area contributed by atoms with Crippen LogP contribution in [0.2, 0.25) is 0 Å². The van der Waals surface area contributed by atoms with E-state index in [-0.39, 0.29) is 5.56 Å². The summed E-state index contributed by atoms with van der Waals surface area (Å²) in [6.07, 6.45) is -12.2. The van der Waals surface area contributed by atoms with E-state index in [1.807, 2.05) is 0 Å². The maximum absolute atomic E-state index is 13.9. The zero-order chi connectivity index (χ0) is 33.1. The molecule has 0 heterocycles. The summed E-state index contributed by atoms with van der Waals surface area (Å²) in [7, 11) is 0. The smallest absolute Gasteiger partial charge is 0.392 e. The zero-order valence-electron chi connectivity index (χ0n) is 18.8. The highest BCUT2D eigenvalue weighted by atomic mass is 19.4. The van der Waals surface area contributed by atoms with Crippen molar-refractivity contribution >= 4 is 0 Å². The molecule has 41 heavy (non-hydrogen) atoms. The average molecular weight is 654 g/mol. The SMILES string of the molecule is OCc1ccc(CCC(F)(F)C(F)(F)C(F)(F)C(F)(F)C(F)(F)C(F)(F)C(F)(F)C(F)(F)C(F)(F)C(F)(F)F)cc1. The summed E-state index contributed by atoms with van der Waals surface area (Å²) in [6.45, 7) is -0.673. The second-order valence-corrected chi connectivity index (χ2v) is 8.27. The normalized spacial score (nSPS) is 15.9. The van der Waals surface area contributed by atoms with Gasteiger partial charge in [-0.3, -0.25) is 0 Å². The highest BCUT2D eigenvalue weighted by molar-refractivity contribution is 5.23. The van der Waals surface area contributed by atoms with Crippen LogP contribution in [-0.2, 0) is 13.0 Å². The van der Waals surface area contributed by atoms with Crippen molar-refractivity contribution < 1.29 is 97.3 Å². The maximum Gasteiger partial charge on any atom is 0.460 e. The molecule has 0 radical (unpaired) electrons. The lowest BCUT2D eigenvalue weighted by Crippen LogP contribution is -2.76. The molecule has 1 rings (SSSR count). The first kappa shape index (κ1) is 36.7. The molecule has 0 aliphatic heterocycles. The fraction of sp³-hybridized carbons (Fsp3) is 0.684. The van der Waals surface area contributed by atoms with Crippen LogP contribution in [0.4, 0.5) is 92.2 Å². The van der Waals surface area contributed by atoms with Gasteiger partial charge in [-0.05, 0) is 17.5 Å². The molecule has 1 aromatic rings. The van der Waals surface area contributed by atoms with E-state index in [1.54, 1.807) is 0 Å². The molecule has 0 atom stereocenters. The minimum atomic E-state index is -9.18. The lowest BCUT2D eigenvalue weighted by Gasteiger charge is -2.44. The molecule has 22 heteroatoms. The summed E-state index contributed by atoms with van der Waals surface area (Å²) < 4.78 is 280. The van der Waals surface area contributed by atoms with E-state index >= 15 is 0 Å². The van der Waals surface area contributed by atoms with E-state index in [2.05, 4.69) is 0 Å². The molecule has 0 unspecified atom stereocenters. The third-order valence-electron chi connectivity index (χ3n) is 5.51. The summed E-state index contributed by atoms with van der Waals surface area (Å²) in [4.78, 5) is 0. The van der Waals surface area contributed by atoms with Crippen molar-refractivity contribution in [1.82, 2.24) is 0 Å². The Hall–Kier alpha value is -2.29. The monoisotopic (exact) mass is 654 g/mol. The molecule has 1 N–H and O–H groups in total. The van der Waals surface area contributed by atoms with Crippen LogP contribution < -0.4 is 0 Å². The number of aliphatic hydroxyl groups is 1. The predicted molar refractivity (Wildman–Crippen MR) is 91.3 cm³/mol. The van der Waals surface area contributed by atoms with Gasteiger partial charge in [0.15, 0.2) is 0 Å². The Morgan fingerprint density at radius 1 is 0.390 bits per heavy atom. The largest absolute Gasteiger partial charge is 0.460 e. The molecule has 1 nitrogen and oxygen atoms in total. The first-order valence-electron chi connectivity index (χ1n) is 9.92. The lowest BCUT2D eigenvalue weighted by atomic mass is 9.85. The number of rotatable bonds is 12. The molecule has 1 aromatic carbocycles. The highest BCUT2D eigenvalue weighted by Gasteiger charge is 2.97. The van der Waals surface area contributed by atoms with Gasteiger partial charge in [-0.1, -0.05) is 24.3 Å². The molecule has 0 aliphatic rings. The van der Waals surface area contributed by atoms with Crippen molar-refractivity contribution in [2.24, 2.45) is 0 Å². The molecule has 0 amide bonds. The summed E-state index contributed by atoms with van der Waals surface area (Å²) in [5.74, 6) is -76.8. The van der Waals surface area contributed by atoms with E-state index in [0.29, 0.717) is 0 Å². The van der Waals surface area contributed by atoms with Crippen LogP contribution >= 0.6 is 0 Å². The first-order valence-corrected chi connectivity index (χ1v) is 9.92. The number of aliphatic hydroxyl groups excluding tert-OH is 1. The van der Waals surface area contributed by atoms with E-state index in [1.165, 1.54) is 0 Å². The van der Waals surface area contributed by atoms with Gasteiger partial charge in [0, 0.05) is 6.42 Å². The van der Waals surface area contributed by atoms with Crippen LogP contribution in [0.25, 0.3) is 0 Å². The van der Waals surface area contributed by atoms with Crippen molar-refractivity contribution in [2.75, 3.05) is 0 Å². The van der Waals surface area contributed by atoms with Crippen molar-refractivity contribution in [2.45, 2.75) is 78.9 Å². The van der Waals surface area contributed by atoms with E-state index < -0.39 is 84.5 Å². The van der Waals surface area contributed by atoms with E-state index in [0.717, 1.165) is 24.3 Å². The second kappa shape index (κ2) is 10.2. The van der Waals surface area contributed by atoms with Crippen LogP contribution in [0.15, 0.2) is 24.3 Å². The summed E-state index contributed by atoms with van der Waals surface area (Å²) >= 11 is 0. The molecule has 0 bridgehead atoms. The van der Waals surface area contributed by atoms with Gasteiger partial charge in [0.1, 0.15) is 0 Å². The van der Waals surface area contributed by atoms with Crippen LogP contribution in [0.1, 0.15) is 17.5 Å². The van der Waals surface area contributed by atoms with Crippen molar-refractivity contribution in [1.29, 1.82) is 0 Å². The molecule has 240 valence electrons. The summed E-state index contributed by atoms with van der Waals surface area (Å²) in [5.41, 5.74) is -0.451. The number of alkyl halides is 21. The van der Waals surface area contributed by atoms with E-state index in [4.69, 9.17) is 5.11 Å². The van der Waals surface area contributed by atoms with E-state index in [9.17, 15) is 92.2 Å². The average Bonchev–Trinajstić information content (AvgIpc) is 2.81.